The van der Waals surface area contributed by atoms with Crippen molar-refractivity contribution in [3.8, 4) is 28.0 Å². The quantitative estimate of drug-likeness (QED) is 0.114. The van der Waals surface area contributed by atoms with Crippen molar-refractivity contribution in [2.24, 2.45) is 0 Å². The monoisotopic (exact) mass is 611 g/mol. The summed E-state index contributed by atoms with van der Waals surface area (Å²) in [6.07, 6.45) is -1.56. The highest BCUT2D eigenvalue weighted by molar-refractivity contribution is 6.31. The van der Waals surface area contributed by atoms with Crippen LogP contribution in [-0.4, -0.2) is 29.6 Å². The Labute approximate surface area is 250 Å². The zero-order valence-corrected chi connectivity index (χ0v) is 23.5. The van der Waals surface area contributed by atoms with Crippen LogP contribution in [0.15, 0.2) is 97.1 Å². The minimum absolute atomic E-state index is 0.000834. The molecule has 0 saturated heterocycles. The largest absolute Gasteiger partial charge is 0.507 e. The van der Waals surface area contributed by atoms with Crippen molar-refractivity contribution in [2.45, 2.75) is 25.6 Å². The van der Waals surface area contributed by atoms with E-state index in [4.69, 9.17) is 16.3 Å². The van der Waals surface area contributed by atoms with Crippen LogP contribution in [0.25, 0.3) is 22.3 Å². The molecule has 0 aromatic heterocycles. The zero-order chi connectivity index (χ0) is 31.1. The Morgan fingerprint density at radius 1 is 0.907 bits per heavy atom. The van der Waals surface area contributed by atoms with E-state index in [0.29, 0.717) is 16.7 Å². The van der Waals surface area contributed by atoms with E-state index in [1.54, 1.807) is 13.0 Å². The number of aromatic hydroxyl groups is 1. The van der Waals surface area contributed by atoms with Crippen LogP contribution >= 0.6 is 11.6 Å². The number of rotatable bonds is 9. The van der Waals surface area contributed by atoms with Gasteiger partial charge < -0.3 is 15.2 Å². The molecule has 4 aromatic rings. The number of hydrogen-bond acceptors (Lipinski definition) is 4. The van der Waals surface area contributed by atoms with Gasteiger partial charge in [0, 0.05) is 6.08 Å². The third kappa shape index (κ3) is 8.23. The molecule has 43 heavy (non-hydrogen) atoms. The van der Waals surface area contributed by atoms with Gasteiger partial charge in [-0.25, -0.2) is 9.18 Å². The second-order valence-corrected chi connectivity index (χ2v) is 9.94. The number of carbonyl (C=O) groups excluding carboxylic acids is 2. The Kier molecular flexibility index (Phi) is 9.88. The Balaban J connectivity index is 1.56. The molecule has 1 amide bonds. The number of benzene rings is 4. The van der Waals surface area contributed by atoms with E-state index >= 15 is 0 Å². The van der Waals surface area contributed by atoms with Crippen LogP contribution in [0.3, 0.4) is 0 Å². The van der Waals surface area contributed by atoms with Gasteiger partial charge in [0.25, 0.3) is 5.91 Å². The van der Waals surface area contributed by atoms with E-state index in [1.165, 1.54) is 54.6 Å². The molecule has 1 unspecified atom stereocenters. The molecule has 0 radical (unpaired) electrons. The van der Waals surface area contributed by atoms with Gasteiger partial charge in [0.05, 0.1) is 28.8 Å². The summed E-state index contributed by atoms with van der Waals surface area (Å²) in [5.41, 5.74) is 2.23. The van der Waals surface area contributed by atoms with E-state index in [-0.39, 0.29) is 29.4 Å². The lowest BCUT2D eigenvalue weighted by Gasteiger charge is -2.17. The van der Waals surface area contributed by atoms with E-state index in [9.17, 15) is 32.3 Å². The molecule has 0 bridgehead atoms. The maximum atomic E-state index is 13.6. The third-order valence-electron chi connectivity index (χ3n) is 6.52. The number of hydrogen-bond donors (Lipinski definition) is 2. The van der Waals surface area contributed by atoms with E-state index in [1.807, 2.05) is 24.3 Å². The molecule has 0 heterocycles. The Bertz CT molecular complexity index is 1630. The van der Waals surface area contributed by atoms with Crippen molar-refractivity contribution in [2.75, 3.05) is 6.61 Å². The van der Waals surface area contributed by atoms with Gasteiger partial charge in [-0.15, -0.1) is 0 Å². The van der Waals surface area contributed by atoms with E-state index in [0.717, 1.165) is 23.3 Å². The number of alkyl halides is 3. The maximum absolute atomic E-state index is 13.6. The fourth-order valence-electron chi connectivity index (χ4n) is 4.31. The number of phenolic OH excluding ortho intramolecular Hbond substituents is 1. The summed E-state index contributed by atoms with van der Waals surface area (Å²) in [5, 5.41) is 13.2. The summed E-state index contributed by atoms with van der Waals surface area (Å²) in [5.74, 6) is -2.12. The van der Waals surface area contributed by atoms with Crippen LogP contribution < -0.4 is 5.32 Å². The molecule has 1 atom stereocenters. The lowest BCUT2D eigenvalue weighted by atomic mass is 9.99. The lowest BCUT2D eigenvalue weighted by Crippen LogP contribution is -2.35. The van der Waals surface area contributed by atoms with Gasteiger partial charge in [-0.2, -0.15) is 13.2 Å². The van der Waals surface area contributed by atoms with Crippen molar-refractivity contribution >= 4 is 23.5 Å². The number of ether oxygens (including phenoxy) is 1. The van der Waals surface area contributed by atoms with Crippen molar-refractivity contribution in [1.82, 2.24) is 5.32 Å². The number of halogens is 5. The SMILES string of the molecule is CCOC(=O)C=CC(Cc1ccc(-c2ccc(F)c(Cl)c2)cc1)NC(=O)c1cc(-c2ccc(C(F)(F)F)cc2)ccc1O. The summed E-state index contributed by atoms with van der Waals surface area (Å²) < 4.78 is 57.4. The van der Waals surface area contributed by atoms with E-state index in [2.05, 4.69) is 5.32 Å². The molecular weight excluding hydrogens is 586 g/mol. The number of carbonyl (C=O) groups is 2. The fourth-order valence-corrected chi connectivity index (χ4v) is 4.49. The minimum Gasteiger partial charge on any atom is -0.507 e. The molecule has 4 rings (SSSR count). The molecule has 0 aliphatic rings. The summed E-state index contributed by atoms with van der Waals surface area (Å²) in [7, 11) is 0. The highest BCUT2D eigenvalue weighted by Crippen LogP contribution is 2.32. The summed E-state index contributed by atoms with van der Waals surface area (Å²) in [6, 6.07) is 19.5. The van der Waals surface area contributed by atoms with Crippen LogP contribution in [0.1, 0.15) is 28.4 Å². The average Bonchev–Trinajstić information content (AvgIpc) is 2.98. The molecule has 0 aliphatic heterocycles. The predicted molar refractivity (Wildman–Crippen MR) is 156 cm³/mol. The maximum Gasteiger partial charge on any atom is 0.416 e. The first-order valence-electron chi connectivity index (χ1n) is 13.2. The Hall–Kier alpha value is -4.63. The Morgan fingerprint density at radius 2 is 1.49 bits per heavy atom. The molecule has 0 aliphatic carbocycles. The standard InChI is InChI=1S/C33H26ClF4NO4/c1-2-43-31(41)16-13-26(17-20-3-5-21(6-4-20)24-9-14-29(35)28(34)19-24)39-32(42)27-18-23(10-15-30(27)40)22-7-11-25(12-8-22)33(36,37)38/h3-16,18-19,26,40H,2,17H2,1H3,(H,39,42). The van der Waals surface area contributed by atoms with E-state index < -0.39 is 35.5 Å². The highest BCUT2D eigenvalue weighted by Gasteiger charge is 2.30. The van der Waals surface area contributed by atoms with Gasteiger partial charge >= 0.3 is 12.1 Å². The van der Waals surface area contributed by atoms with Gasteiger partial charge in [-0.1, -0.05) is 66.2 Å². The van der Waals surface area contributed by atoms with Crippen LogP contribution in [0.5, 0.6) is 5.75 Å². The average molecular weight is 612 g/mol. The molecule has 4 aromatic carbocycles. The normalized spacial score (nSPS) is 12.2. The van der Waals surface area contributed by atoms with Crippen LogP contribution in [-0.2, 0) is 22.1 Å². The van der Waals surface area contributed by atoms with Crippen molar-refractivity contribution < 1.29 is 37.0 Å². The third-order valence-corrected chi connectivity index (χ3v) is 6.81. The molecule has 0 saturated carbocycles. The van der Waals surface area contributed by atoms with Crippen molar-refractivity contribution in [3.63, 3.8) is 0 Å². The minimum atomic E-state index is -4.49. The first kappa shape index (κ1) is 31.3. The van der Waals surface area contributed by atoms with Crippen molar-refractivity contribution in [3.05, 3.63) is 125 Å². The van der Waals surface area contributed by atoms with Gasteiger partial charge in [0.1, 0.15) is 11.6 Å². The molecule has 10 heteroatoms. The molecule has 222 valence electrons. The van der Waals surface area contributed by atoms with Crippen LogP contribution in [0.4, 0.5) is 17.6 Å². The second kappa shape index (κ2) is 13.6. The first-order chi connectivity index (χ1) is 20.4. The predicted octanol–water partition coefficient (Wildman–Crippen LogP) is 8.00. The van der Waals surface area contributed by atoms with Crippen LogP contribution in [0.2, 0.25) is 5.02 Å². The fraction of sp³-hybridized carbons (Fsp3) is 0.152. The number of nitrogens with one attached hydrogen (secondary N) is 1. The van der Waals surface area contributed by atoms with Crippen molar-refractivity contribution in [1.29, 1.82) is 0 Å². The molecular formula is C33H26ClF4NO4. The molecule has 0 spiro atoms. The summed E-state index contributed by atoms with van der Waals surface area (Å²) >= 11 is 5.90. The van der Waals surface area contributed by atoms with Crippen LogP contribution in [0, 0.1) is 5.82 Å². The number of phenols is 1. The van der Waals surface area contributed by atoms with Gasteiger partial charge in [0.15, 0.2) is 0 Å². The molecule has 5 nitrogen and oxygen atoms in total. The second-order valence-electron chi connectivity index (χ2n) is 9.53. The first-order valence-corrected chi connectivity index (χ1v) is 13.5. The zero-order valence-electron chi connectivity index (χ0n) is 22.8. The Morgan fingerprint density at radius 3 is 2.09 bits per heavy atom. The topological polar surface area (TPSA) is 75.6 Å². The lowest BCUT2D eigenvalue weighted by molar-refractivity contribution is -0.138. The number of esters is 1. The van der Waals surface area contributed by atoms with Gasteiger partial charge in [-0.05, 0) is 77.6 Å². The summed E-state index contributed by atoms with van der Waals surface area (Å²) in [6.45, 7) is 1.83. The summed E-state index contributed by atoms with van der Waals surface area (Å²) in [4.78, 5) is 25.3. The molecule has 0 fully saturated rings. The number of amides is 1. The van der Waals surface area contributed by atoms with Gasteiger partial charge in [0.2, 0.25) is 0 Å². The molecule has 2 N–H and O–H groups in total. The smallest absolute Gasteiger partial charge is 0.416 e. The highest BCUT2D eigenvalue weighted by atomic mass is 35.5. The van der Waals surface area contributed by atoms with Gasteiger partial charge in [-0.3, -0.25) is 4.79 Å².